The van der Waals surface area contributed by atoms with Crippen molar-refractivity contribution in [3.8, 4) is 11.5 Å². The zero-order valence-corrected chi connectivity index (χ0v) is 9.10. The third-order valence-electron chi connectivity index (χ3n) is 2.07. The summed E-state index contributed by atoms with van der Waals surface area (Å²) >= 11 is 0. The number of amides is 1. The molecule has 1 aromatic rings. The predicted octanol–water partition coefficient (Wildman–Crippen LogP) is 1.33. The number of rotatable bonds is 4. The van der Waals surface area contributed by atoms with Crippen molar-refractivity contribution in [2.75, 3.05) is 6.54 Å². The predicted molar refractivity (Wildman–Crippen MR) is 61.3 cm³/mol. The van der Waals surface area contributed by atoms with E-state index < -0.39 is 0 Å². The molecule has 0 aromatic heterocycles. The summed E-state index contributed by atoms with van der Waals surface area (Å²) in [5, 5.41) is 21.0. The second-order valence-corrected chi connectivity index (χ2v) is 3.36. The fraction of sp³-hybridized carbons (Fsp3) is 0.250. The Labute approximate surface area is 94.2 Å². The van der Waals surface area contributed by atoms with Gasteiger partial charge in [-0.25, -0.2) is 0 Å². The van der Waals surface area contributed by atoms with Crippen molar-refractivity contribution in [3.63, 3.8) is 0 Å². The smallest absolute Gasteiger partial charge is 0.243 e. The third kappa shape index (κ3) is 3.65. The van der Waals surface area contributed by atoms with E-state index in [0.29, 0.717) is 13.0 Å². The standard InChI is InChI=1S/C12H15NO3/c1-2-3-12(16)13-7-6-9-4-5-10(14)11(15)8-9/h2-5,8,14-15H,6-7H2,1H3,(H,13,16)/b3-2+. The molecule has 1 amide bonds. The molecule has 0 saturated carbocycles. The molecule has 4 heteroatoms. The van der Waals surface area contributed by atoms with Gasteiger partial charge in [0.05, 0.1) is 0 Å². The van der Waals surface area contributed by atoms with Crippen molar-refractivity contribution in [2.24, 2.45) is 0 Å². The normalized spacial score (nSPS) is 10.6. The van der Waals surface area contributed by atoms with Crippen molar-refractivity contribution < 1.29 is 15.0 Å². The molecule has 0 fully saturated rings. The van der Waals surface area contributed by atoms with Gasteiger partial charge in [-0.15, -0.1) is 0 Å². The molecule has 0 heterocycles. The summed E-state index contributed by atoms with van der Waals surface area (Å²) in [6.07, 6.45) is 3.73. The van der Waals surface area contributed by atoms with E-state index in [2.05, 4.69) is 5.32 Å². The maximum atomic E-state index is 11.1. The monoisotopic (exact) mass is 221 g/mol. The average Bonchev–Trinajstić information content (AvgIpc) is 2.24. The minimum absolute atomic E-state index is 0.134. The van der Waals surface area contributed by atoms with E-state index in [-0.39, 0.29) is 17.4 Å². The molecule has 0 aliphatic heterocycles. The van der Waals surface area contributed by atoms with Crippen molar-refractivity contribution in [1.29, 1.82) is 0 Å². The number of aromatic hydroxyl groups is 2. The Morgan fingerprint density at radius 1 is 1.38 bits per heavy atom. The molecule has 1 aromatic carbocycles. The van der Waals surface area contributed by atoms with Crippen LogP contribution < -0.4 is 5.32 Å². The molecule has 86 valence electrons. The highest BCUT2D eigenvalue weighted by atomic mass is 16.3. The van der Waals surface area contributed by atoms with Crippen molar-refractivity contribution >= 4 is 5.91 Å². The Morgan fingerprint density at radius 3 is 2.75 bits per heavy atom. The number of carbonyl (C=O) groups excluding carboxylic acids is 1. The van der Waals surface area contributed by atoms with Gasteiger partial charge in [-0.05, 0) is 37.1 Å². The number of carbonyl (C=O) groups is 1. The lowest BCUT2D eigenvalue weighted by Gasteiger charge is -2.04. The number of benzene rings is 1. The Hall–Kier alpha value is -1.97. The molecule has 0 saturated heterocycles. The van der Waals surface area contributed by atoms with Crippen LogP contribution in [0.15, 0.2) is 30.4 Å². The van der Waals surface area contributed by atoms with E-state index in [0.717, 1.165) is 5.56 Å². The number of phenols is 2. The van der Waals surface area contributed by atoms with Gasteiger partial charge in [-0.1, -0.05) is 12.1 Å². The van der Waals surface area contributed by atoms with Gasteiger partial charge in [0.25, 0.3) is 0 Å². The summed E-state index contributed by atoms with van der Waals surface area (Å²) in [6, 6.07) is 4.62. The van der Waals surface area contributed by atoms with Crippen LogP contribution in [0.25, 0.3) is 0 Å². The minimum atomic E-state index is -0.141. The molecular weight excluding hydrogens is 206 g/mol. The van der Waals surface area contributed by atoms with Gasteiger partial charge in [-0.3, -0.25) is 4.79 Å². The quantitative estimate of drug-likeness (QED) is 0.530. The summed E-state index contributed by atoms with van der Waals surface area (Å²) < 4.78 is 0. The van der Waals surface area contributed by atoms with Crippen LogP contribution in [0.1, 0.15) is 12.5 Å². The van der Waals surface area contributed by atoms with Gasteiger partial charge in [0.15, 0.2) is 11.5 Å². The Kier molecular flexibility index (Phi) is 4.39. The molecule has 0 radical (unpaired) electrons. The summed E-state index contributed by atoms with van der Waals surface area (Å²) in [5.41, 5.74) is 0.857. The van der Waals surface area contributed by atoms with Crippen LogP contribution in [0, 0.1) is 0 Å². The summed E-state index contributed by atoms with van der Waals surface area (Å²) in [7, 11) is 0. The molecule has 4 nitrogen and oxygen atoms in total. The topological polar surface area (TPSA) is 69.6 Å². The maximum absolute atomic E-state index is 11.1. The number of hydrogen-bond acceptors (Lipinski definition) is 3. The van der Waals surface area contributed by atoms with Crippen LogP contribution in [0.2, 0.25) is 0 Å². The molecule has 16 heavy (non-hydrogen) atoms. The van der Waals surface area contributed by atoms with E-state index in [1.165, 1.54) is 18.2 Å². The highest BCUT2D eigenvalue weighted by molar-refractivity contribution is 5.87. The SMILES string of the molecule is C/C=C/C(=O)NCCc1ccc(O)c(O)c1. The summed E-state index contributed by atoms with van der Waals surface area (Å²) in [5.74, 6) is -0.413. The van der Waals surface area contributed by atoms with Crippen LogP contribution in [0.4, 0.5) is 0 Å². The summed E-state index contributed by atoms with van der Waals surface area (Å²) in [4.78, 5) is 11.1. The van der Waals surface area contributed by atoms with E-state index in [9.17, 15) is 9.90 Å². The largest absolute Gasteiger partial charge is 0.504 e. The van der Waals surface area contributed by atoms with Gasteiger partial charge in [0.2, 0.25) is 5.91 Å². The lowest BCUT2D eigenvalue weighted by Crippen LogP contribution is -2.23. The first-order valence-corrected chi connectivity index (χ1v) is 5.05. The van der Waals surface area contributed by atoms with E-state index >= 15 is 0 Å². The Morgan fingerprint density at radius 2 is 2.12 bits per heavy atom. The lowest BCUT2D eigenvalue weighted by molar-refractivity contribution is -0.116. The number of nitrogens with one attached hydrogen (secondary N) is 1. The van der Waals surface area contributed by atoms with Gasteiger partial charge in [0, 0.05) is 6.54 Å². The molecule has 0 bridgehead atoms. The van der Waals surface area contributed by atoms with Gasteiger partial charge in [-0.2, -0.15) is 0 Å². The molecule has 0 spiro atoms. The van der Waals surface area contributed by atoms with Gasteiger partial charge < -0.3 is 15.5 Å². The zero-order valence-electron chi connectivity index (χ0n) is 9.10. The van der Waals surface area contributed by atoms with E-state index in [1.54, 1.807) is 19.1 Å². The number of hydrogen-bond donors (Lipinski definition) is 3. The van der Waals surface area contributed by atoms with Gasteiger partial charge >= 0.3 is 0 Å². The minimum Gasteiger partial charge on any atom is -0.504 e. The maximum Gasteiger partial charge on any atom is 0.243 e. The van der Waals surface area contributed by atoms with Gasteiger partial charge in [0.1, 0.15) is 0 Å². The van der Waals surface area contributed by atoms with E-state index in [4.69, 9.17) is 5.11 Å². The average molecular weight is 221 g/mol. The van der Waals surface area contributed by atoms with Crippen molar-refractivity contribution in [1.82, 2.24) is 5.32 Å². The number of phenolic OH excluding ortho intramolecular Hbond substituents is 2. The van der Waals surface area contributed by atoms with Crippen LogP contribution in [-0.4, -0.2) is 22.7 Å². The van der Waals surface area contributed by atoms with Crippen LogP contribution in [0.5, 0.6) is 11.5 Å². The molecule has 1 rings (SSSR count). The fourth-order valence-electron chi connectivity index (χ4n) is 1.26. The Balaban J connectivity index is 2.43. The van der Waals surface area contributed by atoms with Crippen LogP contribution in [-0.2, 0) is 11.2 Å². The first kappa shape index (κ1) is 12.1. The second kappa shape index (κ2) is 5.80. The van der Waals surface area contributed by atoms with Crippen LogP contribution >= 0.6 is 0 Å². The number of allylic oxidation sites excluding steroid dienone is 1. The van der Waals surface area contributed by atoms with E-state index in [1.807, 2.05) is 0 Å². The first-order chi connectivity index (χ1) is 7.63. The molecule has 0 atom stereocenters. The molecular formula is C12H15NO3. The third-order valence-corrected chi connectivity index (χ3v) is 2.07. The first-order valence-electron chi connectivity index (χ1n) is 5.05. The highest BCUT2D eigenvalue weighted by Gasteiger charge is 2.01. The molecule has 0 aliphatic rings. The second-order valence-electron chi connectivity index (χ2n) is 3.36. The lowest BCUT2D eigenvalue weighted by atomic mass is 10.1. The fourth-order valence-corrected chi connectivity index (χ4v) is 1.26. The molecule has 3 N–H and O–H groups in total. The van der Waals surface area contributed by atoms with Crippen LogP contribution in [0.3, 0.4) is 0 Å². The molecule has 0 aliphatic carbocycles. The zero-order chi connectivity index (χ0) is 12.0. The summed E-state index contributed by atoms with van der Waals surface area (Å²) in [6.45, 7) is 2.27. The highest BCUT2D eigenvalue weighted by Crippen LogP contribution is 2.24. The van der Waals surface area contributed by atoms with Crippen molar-refractivity contribution in [3.05, 3.63) is 35.9 Å². The molecule has 0 unspecified atom stereocenters. The Bertz CT molecular complexity index is 399. The van der Waals surface area contributed by atoms with Crippen molar-refractivity contribution in [2.45, 2.75) is 13.3 Å².